The molecule has 0 N–H and O–H groups in total. The summed E-state index contributed by atoms with van der Waals surface area (Å²) in [5.41, 5.74) is 0.167. The summed E-state index contributed by atoms with van der Waals surface area (Å²) in [6.45, 7) is 11.5. The van der Waals surface area contributed by atoms with Crippen LogP contribution in [0.25, 0.3) is 0 Å². The average molecular weight is 267 g/mol. The molecular weight excluding hydrogens is 239 g/mol. The Morgan fingerprint density at radius 1 is 1.00 bits per heavy atom. The lowest BCUT2D eigenvalue weighted by Crippen LogP contribution is -2.50. The fourth-order valence-electron chi connectivity index (χ4n) is 2.20. The molecule has 0 bridgehead atoms. The topological polar surface area (TPSA) is 3.24 Å². The van der Waals surface area contributed by atoms with Gasteiger partial charge >= 0.3 is 6.18 Å². The van der Waals surface area contributed by atoms with Gasteiger partial charge in [0.15, 0.2) is 0 Å². The van der Waals surface area contributed by atoms with Crippen molar-refractivity contribution in [2.75, 3.05) is 7.05 Å². The Labute approximate surface area is 110 Å². The molecule has 18 heavy (non-hydrogen) atoms. The molecule has 0 aromatic rings. The summed E-state index contributed by atoms with van der Waals surface area (Å²) in [7, 11) is 1.59. The van der Waals surface area contributed by atoms with E-state index in [2.05, 4.69) is 20.8 Å². The second-order valence-electron chi connectivity index (χ2n) is 6.84. The summed E-state index contributed by atoms with van der Waals surface area (Å²) >= 11 is 0. The highest BCUT2D eigenvalue weighted by Crippen LogP contribution is 2.32. The zero-order valence-electron chi connectivity index (χ0n) is 12.7. The molecule has 0 radical (unpaired) electrons. The Hall–Kier alpha value is -0.250. The molecule has 2 atom stereocenters. The van der Waals surface area contributed by atoms with Crippen molar-refractivity contribution in [2.24, 2.45) is 11.3 Å². The van der Waals surface area contributed by atoms with Crippen LogP contribution in [-0.2, 0) is 0 Å². The van der Waals surface area contributed by atoms with Gasteiger partial charge in [0.1, 0.15) is 6.04 Å². The molecular formula is C14H28F3N. The van der Waals surface area contributed by atoms with Crippen molar-refractivity contribution in [3.8, 4) is 0 Å². The number of nitrogens with zero attached hydrogens (tertiary/aromatic N) is 1. The second kappa shape index (κ2) is 6.27. The summed E-state index contributed by atoms with van der Waals surface area (Å²) in [5.74, 6) is -0.424. The minimum atomic E-state index is -4.15. The maximum atomic E-state index is 13.0. The summed E-state index contributed by atoms with van der Waals surface area (Å²) in [5, 5.41) is 0. The Morgan fingerprint density at radius 3 is 1.72 bits per heavy atom. The zero-order valence-corrected chi connectivity index (χ0v) is 12.7. The molecule has 0 amide bonds. The molecule has 0 aliphatic rings. The largest absolute Gasteiger partial charge is 0.404 e. The van der Waals surface area contributed by atoms with E-state index in [0.717, 1.165) is 12.8 Å². The summed E-state index contributed by atoms with van der Waals surface area (Å²) in [6, 6.07) is -1.41. The lowest BCUT2D eigenvalue weighted by molar-refractivity contribution is -0.196. The van der Waals surface area contributed by atoms with E-state index < -0.39 is 18.1 Å². The summed E-state index contributed by atoms with van der Waals surface area (Å²) in [6.07, 6.45) is -2.43. The van der Waals surface area contributed by atoms with Gasteiger partial charge in [-0.25, -0.2) is 0 Å². The first-order chi connectivity index (χ1) is 7.86. The van der Waals surface area contributed by atoms with Crippen LogP contribution in [0.4, 0.5) is 13.2 Å². The third-order valence-corrected chi connectivity index (χ3v) is 3.41. The van der Waals surface area contributed by atoms with Gasteiger partial charge < -0.3 is 0 Å². The second-order valence-corrected chi connectivity index (χ2v) is 6.84. The first kappa shape index (κ1) is 17.8. The van der Waals surface area contributed by atoms with Gasteiger partial charge in [-0.05, 0) is 38.1 Å². The van der Waals surface area contributed by atoms with E-state index in [1.54, 1.807) is 20.9 Å². The highest BCUT2D eigenvalue weighted by Gasteiger charge is 2.45. The summed E-state index contributed by atoms with van der Waals surface area (Å²) < 4.78 is 39.0. The van der Waals surface area contributed by atoms with Crippen molar-refractivity contribution in [1.29, 1.82) is 0 Å². The molecule has 0 rings (SSSR count). The molecule has 0 aliphatic carbocycles. The van der Waals surface area contributed by atoms with Gasteiger partial charge in [-0.15, -0.1) is 0 Å². The van der Waals surface area contributed by atoms with Gasteiger partial charge in [0, 0.05) is 6.04 Å². The lowest BCUT2D eigenvalue weighted by Gasteiger charge is -2.37. The van der Waals surface area contributed by atoms with E-state index in [4.69, 9.17) is 0 Å². The molecule has 0 spiro atoms. The number of halogens is 3. The van der Waals surface area contributed by atoms with E-state index in [0.29, 0.717) is 0 Å². The molecule has 0 aromatic carbocycles. The fourth-order valence-corrected chi connectivity index (χ4v) is 2.20. The molecule has 1 nitrogen and oxygen atoms in total. The van der Waals surface area contributed by atoms with Crippen LogP contribution in [0, 0.1) is 11.3 Å². The van der Waals surface area contributed by atoms with Crippen LogP contribution in [0.15, 0.2) is 0 Å². The molecule has 0 aromatic heterocycles. The minimum absolute atomic E-state index is 0.0572. The van der Waals surface area contributed by atoms with Crippen LogP contribution in [-0.4, -0.2) is 30.2 Å². The third kappa shape index (κ3) is 6.07. The van der Waals surface area contributed by atoms with Gasteiger partial charge in [-0.3, -0.25) is 4.90 Å². The SMILES string of the molecule is CC(C)[C@H](N(C)C(C)CCC(C)(C)C)C(F)(F)F. The predicted molar refractivity (Wildman–Crippen MR) is 70.6 cm³/mol. The first-order valence-corrected chi connectivity index (χ1v) is 6.65. The van der Waals surface area contributed by atoms with E-state index in [-0.39, 0.29) is 11.5 Å². The maximum absolute atomic E-state index is 13.0. The molecule has 110 valence electrons. The molecule has 1 unspecified atom stereocenters. The molecule has 0 saturated heterocycles. The van der Waals surface area contributed by atoms with Crippen molar-refractivity contribution < 1.29 is 13.2 Å². The van der Waals surface area contributed by atoms with Crippen molar-refractivity contribution in [2.45, 2.75) is 72.6 Å². The highest BCUT2D eigenvalue weighted by molar-refractivity contribution is 4.83. The fraction of sp³-hybridized carbons (Fsp3) is 1.00. The Balaban J connectivity index is 4.63. The van der Waals surface area contributed by atoms with Crippen LogP contribution in [0.3, 0.4) is 0 Å². The number of hydrogen-bond acceptors (Lipinski definition) is 1. The lowest BCUT2D eigenvalue weighted by atomic mass is 9.88. The minimum Gasteiger partial charge on any atom is -0.292 e. The third-order valence-electron chi connectivity index (χ3n) is 3.41. The van der Waals surface area contributed by atoms with Crippen molar-refractivity contribution in [1.82, 2.24) is 4.90 Å². The molecule has 4 heteroatoms. The molecule has 0 fully saturated rings. The average Bonchev–Trinajstić information content (AvgIpc) is 2.09. The van der Waals surface area contributed by atoms with Crippen LogP contribution < -0.4 is 0 Å². The van der Waals surface area contributed by atoms with E-state index in [9.17, 15) is 13.2 Å². The van der Waals surface area contributed by atoms with E-state index in [1.165, 1.54) is 4.90 Å². The van der Waals surface area contributed by atoms with Crippen LogP contribution in [0.1, 0.15) is 54.4 Å². The number of hydrogen-bond donors (Lipinski definition) is 0. The van der Waals surface area contributed by atoms with Crippen LogP contribution in [0.2, 0.25) is 0 Å². The number of rotatable bonds is 5. The van der Waals surface area contributed by atoms with Crippen molar-refractivity contribution in [3.05, 3.63) is 0 Å². The zero-order chi connectivity index (χ0) is 14.7. The van der Waals surface area contributed by atoms with Gasteiger partial charge in [0.05, 0.1) is 0 Å². The predicted octanol–water partition coefficient (Wildman–Crippen LogP) is 4.72. The molecule has 0 heterocycles. The smallest absolute Gasteiger partial charge is 0.292 e. The Kier molecular flexibility index (Phi) is 6.18. The van der Waals surface area contributed by atoms with E-state index >= 15 is 0 Å². The van der Waals surface area contributed by atoms with E-state index in [1.807, 2.05) is 6.92 Å². The Morgan fingerprint density at radius 2 is 1.44 bits per heavy atom. The van der Waals surface area contributed by atoms with Crippen LogP contribution >= 0.6 is 0 Å². The summed E-state index contributed by atoms with van der Waals surface area (Å²) in [4.78, 5) is 1.48. The van der Waals surface area contributed by atoms with Crippen LogP contribution in [0.5, 0.6) is 0 Å². The van der Waals surface area contributed by atoms with Crippen molar-refractivity contribution >= 4 is 0 Å². The number of alkyl halides is 3. The van der Waals surface area contributed by atoms with Gasteiger partial charge in [-0.2, -0.15) is 13.2 Å². The standard InChI is InChI=1S/C14H28F3N/c1-10(2)12(14(15,16)17)18(7)11(3)8-9-13(4,5)6/h10-12H,8-9H2,1-7H3/t11?,12-/m0/s1. The molecule has 0 aliphatic heterocycles. The normalized spacial score (nSPS) is 17.3. The van der Waals surface area contributed by atoms with Gasteiger partial charge in [0.25, 0.3) is 0 Å². The first-order valence-electron chi connectivity index (χ1n) is 6.65. The molecule has 0 saturated carbocycles. The maximum Gasteiger partial charge on any atom is 0.404 e. The quantitative estimate of drug-likeness (QED) is 0.696. The van der Waals surface area contributed by atoms with Gasteiger partial charge in [0.2, 0.25) is 0 Å². The van der Waals surface area contributed by atoms with Gasteiger partial charge in [-0.1, -0.05) is 34.6 Å². The monoisotopic (exact) mass is 267 g/mol. The highest BCUT2D eigenvalue weighted by atomic mass is 19.4. The Bertz CT molecular complexity index is 240. The van der Waals surface area contributed by atoms with Crippen molar-refractivity contribution in [3.63, 3.8) is 0 Å².